The Balaban J connectivity index is 1.20. The van der Waals surface area contributed by atoms with Crippen molar-refractivity contribution in [2.45, 2.75) is 37.5 Å². The van der Waals surface area contributed by atoms with Crippen LogP contribution in [-0.2, 0) is 4.79 Å². The average molecular weight is 374 g/mol. The number of likely N-dealkylation sites (tertiary alicyclic amines) is 1. The number of hydrogen-bond acceptors (Lipinski definition) is 2. The van der Waals surface area contributed by atoms with Gasteiger partial charge in [-0.15, -0.1) is 0 Å². The highest BCUT2D eigenvalue weighted by atomic mass is 16.1. The van der Waals surface area contributed by atoms with E-state index in [4.69, 9.17) is 0 Å². The molecule has 1 unspecified atom stereocenters. The number of nitrogens with one attached hydrogen (secondary N) is 2. The molecule has 0 radical (unpaired) electrons. The summed E-state index contributed by atoms with van der Waals surface area (Å²) in [5.74, 6) is 1.15. The number of carbonyl (C=O) groups excluding carboxylic acids is 1. The highest BCUT2D eigenvalue weighted by Gasteiger charge is 2.27. The average Bonchev–Trinajstić information content (AvgIpc) is 3.16. The lowest BCUT2D eigenvalue weighted by Crippen LogP contribution is -2.35. The standard InChI is InChI=1S/C24H27N3O/c28-24-15-18(19-5-1-4-8-23(19)26-24)11-14-27-12-9-17(10-13-27)21-16-25-22-7-3-2-6-20(21)22/h1-8,16-18,25H,9-15H2,(H,26,28). The number of hydrogen-bond donors (Lipinski definition) is 2. The van der Waals surface area contributed by atoms with Gasteiger partial charge < -0.3 is 15.2 Å². The maximum atomic E-state index is 12.0. The molecule has 0 saturated carbocycles. The predicted molar refractivity (Wildman–Crippen MR) is 114 cm³/mol. The number of piperidine rings is 1. The first-order valence-corrected chi connectivity index (χ1v) is 10.4. The summed E-state index contributed by atoms with van der Waals surface area (Å²) >= 11 is 0. The summed E-state index contributed by atoms with van der Waals surface area (Å²) in [4.78, 5) is 18.1. The van der Waals surface area contributed by atoms with E-state index >= 15 is 0 Å². The van der Waals surface area contributed by atoms with Gasteiger partial charge in [-0.05, 0) is 74.0 Å². The molecular formula is C24H27N3O. The SMILES string of the molecule is O=C1CC(CCN2CCC(c3c[nH]c4ccccc34)CC2)c2ccccc2N1. The van der Waals surface area contributed by atoms with Crippen LogP contribution in [0.2, 0.25) is 0 Å². The molecule has 144 valence electrons. The minimum atomic E-state index is 0.154. The normalized spacial score (nSPS) is 20.9. The minimum Gasteiger partial charge on any atom is -0.361 e. The number of para-hydroxylation sites is 2. The molecule has 2 aliphatic heterocycles. The van der Waals surface area contributed by atoms with Crippen LogP contribution < -0.4 is 5.32 Å². The van der Waals surface area contributed by atoms with Gasteiger partial charge in [-0.25, -0.2) is 0 Å². The van der Waals surface area contributed by atoms with Gasteiger partial charge in [0.2, 0.25) is 5.91 Å². The number of rotatable bonds is 4. The Labute approximate surface area is 165 Å². The summed E-state index contributed by atoms with van der Waals surface area (Å²) in [5, 5.41) is 4.39. The van der Waals surface area contributed by atoms with E-state index in [1.54, 1.807) is 0 Å². The van der Waals surface area contributed by atoms with E-state index in [1.165, 1.54) is 34.9 Å². The van der Waals surface area contributed by atoms with Crippen molar-refractivity contribution in [2.24, 2.45) is 0 Å². The maximum absolute atomic E-state index is 12.0. The summed E-state index contributed by atoms with van der Waals surface area (Å²) in [6.07, 6.45) is 6.31. The van der Waals surface area contributed by atoms with E-state index < -0.39 is 0 Å². The second kappa shape index (κ2) is 7.44. The monoisotopic (exact) mass is 373 g/mol. The van der Waals surface area contributed by atoms with Gasteiger partial charge in [0.05, 0.1) is 0 Å². The largest absolute Gasteiger partial charge is 0.361 e. The Morgan fingerprint density at radius 1 is 0.964 bits per heavy atom. The van der Waals surface area contributed by atoms with Crippen LogP contribution in [0.4, 0.5) is 5.69 Å². The zero-order valence-electron chi connectivity index (χ0n) is 16.2. The van der Waals surface area contributed by atoms with Crippen molar-refractivity contribution in [3.05, 3.63) is 65.9 Å². The van der Waals surface area contributed by atoms with Crippen LogP contribution in [-0.4, -0.2) is 35.4 Å². The van der Waals surface area contributed by atoms with Crippen LogP contribution in [0.25, 0.3) is 10.9 Å². The first kappa shape index (κ1) is 17.5. The van der Waals surface area contributed by atoms with Crippen LogP contribution in [0.1, 0.15) is 48.6 Å². The Bertz CT molecular complexity index is 984. The predicted octanol–water partition coefficient (Wildman–Crippen LogP) is 4.86. The number of H-pyrrole nitrogens is 1. The molecule has 1 amide bonds. The van der Waals surface area contributed by atoms with Gasteiger partial charge >= 0.3 is 0 Å². The lowest BCUT2D eigenvalue weighted by Gasteiger charge is -2.33. The zero-order chi connectivity index (χ0) is 18.9. The molecule has 0 aliphatic carbocycles. The molecule has 3 aromatic rings. The number of carbonyl (C=O) groups is 1. The van der Waals surface area contributed by atoms with Crippen molar-refractivity contribution in [3.63, 3.8) is 0 Å². The molecule has 2 aromatic carbocycles. The van der Waals surface area contributed by atoms with Crippen LogP contribution >= 0.6 is 0 Å². The Hall–Kier alpha value is -2.59. The van der Waals surface area contributed by atoms with E-state index in [0.29, 0.717) is 18.3 Å². The number of aromatic amines is 1. The lowest BCUT2D eigenvalue weighted by molar-refractivity contribution is -0.116. The summed E-state index contributed by atoms with van der Waals surface area (Å²) in [6, 6.07) is 16.9. The highest BCUT2D eigenvalue weighted by molar-refractivity contribution is 5.94. The number of nitrogens with zero attached hydrogens (tertiary/aromatic N) is 1. The minimum absolute atomic E-state index is 0.154. The number of amides is 1. The van der Waals surface area contributed by atoms with Gasteiger partial charge in [0, 0.05) is 29.2 Å². The van der Waals surface area contributed by atoms with Crippen LogP contribution in [0.15, 0.2) is 54.7 Å². The highest BCUT2D eigenvalue weighted by Crippen LogP contribution is 2.36. The lowest BCUT2D eigenvalue weighted by atomic mass is 9.86. The molecule has 2 aliphatic rings. The Kier molecular flexibility index (Phi) is 4.65. The smallest absolute Gasteiger partial charge is 0.224 e. The van der Waals surface area contributed by atoms with Crippen LogP contribution in [0, 0.1) is 0 Å². The van der Waals surface area contributed by atoms with E-state index in [1.807, 2.05) is 12.1 Å². The van der Waals surface area contributed by atoms with E-state index in [-0.39, 0.29) is 5.91 Å². The van der Waals surface area contributed by atoms with Gasteiger partial charge in [-0.1, -0.05) is 36.4 Å². The summed E-state index contributed by atoms with van der Waals surface area (Å²) in [7, 11) is 0. The molecule has 1 atom stereocenters. The zero-order valence-corrected chi connectivity index (χ0v) is 16.2. The molecule has 1 saturated heterocycles. The van der Waals surface area contributed by atoms with Gasteiger partial charge in [0.25, 0.3) is 0 Å². The van der Waals surface area contributed by atoms with Gasteiger partial charge in [-0.3, -0.25) is 4.79 Å². The summed E-state index contributed by atoms with van der Waals surface area (Å²) < 4.78 is 0. The third-order valence-corrected chi connectivity index (χ3v) is 6.55. The first-order chi connectivity index (χ1) is 13.8. The van der Waals surface area contributed by atoms with Crippen LogP contribution in [0.5, 0.6) is 0 Å². The quantitative estimate of drug-likeness (QED) is 0.686. The number of fused-ring (bicyclic) bond motifs is 2. The second-order valence-corrected chi connectivity index (χ2v) is 8.23. The number of anilines is 1. The Morgan fingerprint density at radius 2 is 1.75 bits per heavy atom. The van der Waals surface area contributed by atoms with Crippen molar-refractivity contribution in [1.29, 1.82) is 0 Å². The van der Waals surface area contributed by atoms with Crippen LogP contribution in [0.3, 0.4) is 0 Å². The van der Waals surface area contributed by atoms with Crippen molar-refractivity contribution < 1.29 is 4.79 Å². The van der Waals surface area contributed by atoms with Crippen molar-refractivity contribution in [2.75, 3.05) is 25.0 Å². The maximum Gasteiger partial charge on any atom is 0.224 e. The molecule has 4 heteroatoms. The topological polar surface area (TPSA) is 48.1 Å². The summed E-state index contributed by atoms with van der Waals surface area (Å²) in [5.41, 5.74) is 5.03. The molecule has 1 aromatic heterocycles. The fourth-order valence-corrected chi connectivity index (χ4v) is 5.00. The summed E-state index contributed by atoms with van der Waals surface area (Å²) in [6.45, 7) is 3.36. The van der Waals surface area contributed by atoms with Gasteiger partial charge in [0.1, 0.15) is 0 Å². The van der Waals surface area contributed by atoms with Gasteiger partial charge in [-0.2, -0.15) is 0 Å². The van der Waals surface area contributed by atoms with Crippen molar-refractivity contribution in [1.82, 2.24) is 9.88 Å². The molecule has 0 bridgehead atoms. The molecule has 5 rings (SSSR count). The third-order valence-electron chi connectivity index (χ3n) is 6.55. The second-order valence-electron chi connectivity index (χ2n) is 8.23. The first-order valence-electron chi connectivity index (χ1n) is 10.4. The van der Waals surface area contributed by atoms with Crippen molar-refractivity contribution in [3.8, 4) is 0 Å². The molecule has 1 fully saturated rings. The molecule has 2 N–H and O–H groups in total. The molecule has 28 heavy (non-hydrogen) atoms. The van der Waals surface area contributed by atoms with E-state index in [0.717, 1.165) is 31.7 Å². The molecule has 3 heterocycles. The molecule has 0 spiro atoms. The van der Waals surface area contributed by atoms with Gasteiger partial charge in [0.15, 0.2) is 0 Å². The van der Waals surface area contributed by atoms with E-state index in [2.05, 4.69) is 57.8 Å². The van der Waals surface area contributed by atoms with E-state index in [9.17, 15) is 4.79 Å². The number of aromatic nitrogens is 1. The number of benzene rings is 2. The molecular weight excluding hydrogens is 346 g/mol. The molecule has 4 nitrogen and oxygen atoms in total. The van der Waals surface area contributed by atoms with Crippen molar-refractivity contribution >= 4 is 22.5 Å². The fourth-order valence-electron chi connectivity index (χ4n) is 5.00. The fraction of sp³-hybridized carbons (Fsp3) is 0.375. The third kappa shape index (κ3) is 3.33. The Morgan fingerprint density at radius 3 is 2.64 bits per heavy atom.